The van der Waals surface area contributed by atoms with Crippen LogP contribution in [0.15, 0.2) is 0 Å². The summed E-state index contributed by atoms with van der Waals surface area (Å²) in [5.41, 5.74) is 0. The van der Waals surface area contributed by atoms with Gasteiger partial charge in [-0.1, -0.05) is 0 Å². The van der Waals surface area contributed by atoms with E-state index in [0.29, 0.717) is 18.1 Å². The minimum atomic E-state index is -2.67. The second-order valence-electron chi connectivity index (χ2n) is 7.13. The monoisotopic (exact) mass is 316 g/mol. The molecule has 0 aliphatic carbocycles. The molecule has 0 unspecified atom stereocenters. The van der Waals surface area contributed by atoms with Crippen molar-refractivity contribution in [2.45, 2.75) is 59.7 Å². The molecule has 3 aliphatic rings. The molecular weight excluding hydrogens is 283 g/mol. The fourth-order valence-corrected chi connectivity index (χ4v) is 7.32. The minimum Gasteiger partial charge on any atom is -0.299 e. The Morgan fingerprint density at radius 3 is 1.14 bits per heavy atom. The number of fused-ring (bicyclic) bond motifs is 6. The Kier molecular flexibility index (Phi) is 5.54. The van der Waals surface area contributed by atoms with E-state index in [9.17, 15) is 4.57 Å². The van der Waals surface area contributed by atoms with Crippen molar-refractivity contribution in [1.82, 2.24) is 18.9 Å². The van der Waals surface area contributed by atoms with Crippen LogP contribution in [-0.2, 0) is 4.57 Å². The third-order valence-electron chi connectivity index (χ3n) is 4.73. The molecule has 0 spiro atoms. The minimum absolute atomic E-state index is 0.302. The van der Waals surface area contributed by atoms with Crippen molar-refractivity contribution in [3.05, 3.63) is 0 Å². The second kappa shape index (κ2) is 6.67. The van der Waals surface area contributed by atoms with Crippen molar-refractivity contribution < 1.29 is 4.57 Å². The van der Waals surface area contributed by atoms with E-state index >= 15 is 0 Å². The molecule has 3 heterocycles. The lowest BCUT2D eigenvalue weighted by Crippen LogP contribution is -2.57. The first-order valence-corrected chi connectivity index (χ1v) is 9.98. The predicted octanol–water partition coefficient (Wildman–Crippen LogP) is 2.55. The van der Waals surface area contributed by atoms with Crippen LogP contribution in [0, 0.1) is 0 Å². The lowest BCUT2D eigenvalue weighted by atomic mass is 10.3. The number of rotatable bonds is 3. The SMILES string of the molecule is CC(C)N1CCN2CCN(C(C)C)P1(=O)N(C(C)C)CC2. The molecular formula is C15H33N4OP. The molecule has 0 aromatic carbocycles. The highest BCUT2D eigenvalue weighted by Crippen LogP contribution is 2.60. The molecule has 3 fully saturated rings. The van der Waals surface area contributed by atoms with Gasteiger partial charge < -0.3 is 0 Å². The van der Waals surface area contributed by atoms with Gasteiger partial charge in [-0.3, -0.25) is 9.46 Å². The Morgan fingerprint density at radius 1 is 0.619 bits per heavy atom. The quantitative estimate of drug-likeness (QED) is 0.747. The van der Waals surface area contributed by atoms with Gasteiger partial charge in [-0.05, 0) is 41.5 Å². The van der Waals surface area contributed by atoms with Gasteiger partial charge in [-0.15, -0.1) is 0 Å². The van der Waals surface area contributed by atoms with Crippen LogP contribution in [0.1, 0.15) is 41.5 Å². The Hall–Kier alpha value is 0.0700. The maximum absolute atomic E-state index is 14.3. The first kappa shape index (κ1) is 17.4. The van der Waals surface area contributed by atoms with Gasteiger partial charge in [0.1, 0.15) is 0 Å². The molecule has 3 rings (SSSR count). The predicted molar refractivity (Wildman–Crippen MR) is 89.6 cm³/mol. The van der Waals surface area contributed by atoms with Gasteiger partial charge in [0.05, 0.1) is 0 Å². The molecule has 0 saturated carbocycles. The van der Waals surface area contributed by atoms with Gasteiger partial charge in [-0.25, -0.2) is 14.0 Å². The van der Waals surface area contributed by atoms with E-state index < -0.39 is 7.59 Å². The molecule has 21 heavy (non-hydrogen) atoms. The van der Waals surface area contributed by atoms with Gasteiger partial charge >= 0.3 is 0 Å². The normalized spacial score (nSPS) is 33.7. The van der Waals surface area contributed by atoms with Crippen molar-refractivity contribution in [3.63, 3.8) is 0 Å². The van der Waals surface area contributed by atoms with Crippen LogP contribution in [0.25, 0.3) is 0 Å². The zero-order valence-corrected chi connectivity index (χ0v) is 15.5. The molecule has 124 valence electrons. The van der Waals surface area contributed by atoms with E-state index in [4.69, 9.17) is 0 Å². The Labute approximate surface area is 130 Å². The van der Waals surface area contributed by atoms with Crippen molar-refractivity contribution >= 4 is 7.59 Å². The first-order chi connectivity index (χ1) is 9.78. The van der Waals surface area contributed by atoms with E-state index in [1.807, 2.05) is 0 Å². The van der Waals surface area contributed by atoms with Gasteiger partial charge in [0.15, 0.2) is 0 Å². The molecule has 0 aromatic heterocycles. The van der Waals surface area contributed by atoms with Crippen molar-refractivity contribution in [2.75, 3.05) is 39.3 Å². The number of nitrogens with zero attached hydrogens (tertiary/aromatic N) is 4. The fourth-order valence-electron chi connectivity index (χ4n) is 3.58. The average molecular weight is 316 g/mol. The summed E-state index contributed by atoms with van der Waals surface area (Å²) < 4.78 is 21.1. The first-order valence-electron chi connectivity index (χ1n) is 8.42. The van der Waals surface area contributed by atoms with Gasteiger partial charge in [0, 0.05) is 57.4 Å². The van der Waals surface area contributed by atoms with Crippen molar-refractivity contribution in [1.29, 1.82) is 0 Å². The Bertz CT molecular complexity index is 342. The van der Waals surface area contributed by atoms with E-state index in [1.54, 1.807) is 0 Å². The van der Waals surface area contributed by atoms with Crippen LogP contribution in [-0.4, -0.2) is 76.3 Å². The highest BCUT2D eigenvalue weighted by Gasteiger charge is 2.48. The molecule has 5 nitrogen and oxygen atoms in total. The summed E-state index contributed by atoms with van der Waals surface area (Å²) in [5.74, 6) is 0. The van der Waals surface area contributed by atoms with Gasteiger partial charge in [0.25, 0.3) is 7.59 Å². The van der Waals surface area contributed by atoms with Crippen LogP contribution in [0.5, 0.6) is 0 Å². The standard InChI is InChI=1S/C15H33N4OP/c1-13(2)17-10-7-16-8-11-18(14(3)4)21(17,20)19(12-9-16)15(5)6/h13-15H,7-12H2,1-6H3. The molecule has 6 heteroatoms. The lowest BCUT2D eigenvalue weighted by Gasteiger charge is -2.53. The molecule has 0 amide bonds. The van der Waals surface area contributed by atoms with Crippen LogP contribution >= 0.6 is 7.59 Å². The maximum Gasteiger partial charge on any atom is 0.287 e. The highest BCUT2D eigenvalue weighted by atomic mass is 31.2. The smallest absolute Gasteiger partial charge is 0.287 e. The third-order valence-corrected chi connectivity index (χ3v) is 8.72. The summed E-state index contributed by atoms with van der Waals surface area (Å²) in [4.78, 5) is 2.53. The van der Waals surface area contributed by atoms with Crippen LogP contribution < -0.4 is 0 Å². The van der Waals surface area contributed by atoms with Crippen LogP contribution in [0.2, 0.25) is 0 Å². The summed E-state index contributed by atoms with van der Waals surface area (Å²) in [6, 6.07) is 0.907. The summed E-state index contributed by atoms with van der Waals surface area (Å²) in [6.45, 7) is 18.9. The topological polar surface area (TPSA) is 30.0 Å². The summed E-state index contributed by atoms with van der Waals surface area (Å²) in [5, 5.41) is 0. The Morgan fingerprint density at radius 2 is 0.905 bits per heavy atom. The number of hydrogen-bond acceptors (Lipinski definition) is 2. The highest BCUT2D eigenvalue weighted by molar-refractivity contribution is 7.56. The van der Waals surface area contributed by atoms with Crippen molar-refractivity contribution in [3.8, 4) is 0 Å². The lowest BCUT2D eigenvalue weighted by molar-refractivity contribution is 0.116. The molecule has 2 bridgehead atoms. The third kappa shape index (κ3) is 3.23. The van der Waals surface area contributed by atoms with Gasteiger partial charge in [-0.2, -0.15) is 0 Å². The summed E-state index contributed by atoms with van der Waals surface area (Å²) in [6.07, 6.45) is 0. The molecule has 3 saturated heterocycles. The summed E-state index contributed by atoms with van der Waals surface area (Å²) >= 11 is 0. The molecule has 0 radical (unpaired) electrons. The van der Waals surface area contributed by atoms with E-state index in [0.717, 1.165) is 39.3 Å². The van der Waals surface area contributed by atoms with E-state index in [2.05, 4.69) is 60.5 Å². The second-order valence-corrected chi connectivity index (χ2v) is 9.69. The van der Waals surface area contributed by atoms with E-state index in [-0.39, 0.29) is 0 Å². The molecule has 0 aromatic rings. The fraction of sp³-hybridized carbons (Fsp3) is 1.00. The Balaban J connectivity index is 2.52. The van der Waals surface area contributed by atoms with Gasteiger partial charge in [0.2, 0.25) is 0 Å². The average Bonchev–Trinajstić information content (AvgIpc) is 2.31. The maximum atomic E-state index is 14.3. The van der Waals surface area contributed by atoms with Crippen LogP contribution in [0.4, 0.5) is 0 Å². The van der Waals surface area contributed by atoms with Crippen LogP contribution in [0.3, 0.4) is 0 Å². The molecule has 0 atom stereocenters. The zero-order chi connectivity index (χ0) is 15.8. The summed E-state index contributed by atoms with van der Waals surface area (Å²) in [7, 11) is -2.67. The largest absolute Gasteiger partial charge is 0.299 e. The van der Waals surface area contributed by atoms with E-state index in [1.165, 1.54) is 0 Å². The number of hydrogen-bond donors (Lipinski definition) is 0. The zero-order valence-electron chi connectivity index (χ0n) is 14.6. The molecule has 0 N–H and O–H groups in total. The van der Waals surface area contributed by atoms with Crippen molar-refractivity contribution in [2.24, 2.45) is 0 Å². The molecule has 3 aliphatic heterocycles.